The van der Waals surface area contributed by atoms with Crippen molar-refractivity contribution in [3.63, 3.8) is 0 Å². The van der Waals surface area contributed by atoms with E-state index < -0.39 is 97.5 Å². The number of esters is 4. The van der Waals surface area contributed by atoms with E-state index in [2.05, 4.69) is 48.5 Å². The zero-order valence-electron chi connectivity index (χ0n) is 57.9. The number of rotatable bonds is 68. The molecular weight excluding hydrogens is 1170 g/mol. The summed E-state index contributed by atoms with van der Waals surface area (Å²) in [6, 6.07) is 0. The SMILES string of the molecule is CCCCCCCCCCCCCC(=O)O[C@H](COC(=O)CCCCCCCCCC(C)C)COP(=O)(O)OC[C@H](O)COP(=O)(O)OC[C@@H](COC(=O)CCCCCCCCCCCCC(C)C)OC(=O)CCCCCCCCCCCCCCC(C)C. The third kappa shape index (κ3) is 64.6. The van der Waals surface area contributed by atoms with E-state index in [1.165, 1.54) is 154 Å². The highest BCUT2D eigenvalue weighted by atomic mass is 31.2. The van der Waals surface area contributed by atoms with Crippen molar-refractivity contribution in [3.05, 3.63) is 0 Å². The van der Waals surface area contributed by atoms with Crippen molar-refractivity contribution in [1.29, 1.82) is 0 Å². The summed E-state index contributed by atoms with van der Waals surface area (Å²) in [4.78, 5) is 72.5. The number of carbonyl (C=O) groups is 4. The maximum Gasteiger partial charge on any atom is 0.472 e. The summed E-state index contributed by atoms with van der Waals surface area (Å²) in [5, 5.41) is 10.6. The number of phosphoric ester groups is 2. The van der Waals surface area contributed by atoms with E-state index in [0.717, 1.165) is 108 Å². The van der Waals surface area contributed by atoms with Gasteiger partial charge in [-0.2, -0.15) is 0 Å². The van der Waals surface area contributed by atoms with Crippen molar-refractivity contribution < 1.29 is 80.2 Å². The number of hydrogen-bond acceptors (Lipinski definition) is 15. The number of phosphoric acid groups is 2. The summed E-state index contributed by atoms with van der Waals surface area (Å²) in [7, 11) is -9.90. The summed E-state index contributed by atoms with van der Waals surface area (Å²) in [6.45, 7) is 11.8. The van der Waals surface area contributed by atoms with E-state index in [1.807, 2.05) is 0 Å². The summed E-state index contributed by atoms with van der Waals surface area (Å²) in [5.41, 5.74) is 0. The molecule has 0 aromatic carbocycles. The van der Waals surface area contributed by atoms with Crippen LogP contribution >= 0.6 is 15.6 Å². The lowest BCUT2D eigenvalue weighted by Crippen LogP contribution is -2.30. The van der Waals surface area contributed by atoms with Gasteiger partial charge in [0.15, 0.2) is 12.2 Å². The standard InChI is InChI=1S/C70H136O17P2/c1-8-9-10-11-12-13-16-24-31-39-46-53-69(74)87-66(58-81-68(73)52-45-38-33-26-29-36-43-50-63(6)7)60-85-89(78,79)83-56-64(71)55-82-88(76,77)84-59-65(57-80-67(72)51-44-37-30-23-20-19-22-28-35-42-49-62(4)5)86-70(75)54-47-40-32-25-18-15-14-17-21-27-34-41-48-61(2)3/h61-66,71H,8-60H2,1-7H3,(H,76,77)(H,78,79)/t64-,65-,66-/m1/s1. The monoisotopic (exact) mass is 1310 g/mol. The second kappa shape index (κ2) is 61.0. The van der Waals surface area contributed by atoms with Crippen molar-refractivity contribution in [3.8, 4) is 0 Å². The van der Waals surface area contributed by atoms with Crippen LogP contribution in [0.3, 0.4) is 0 Å². The second-order valence-electron chi connectivity index (χ2n) is 26.7. The molecule has 17 nitrogen and oxygen atoms in total. The van der Waals surface area contributed by atoms with Gasteiger partial charge in [0.25, 0.3) is 0 Å². The van der Waals surface area contributed by atoms with Crippen molar-refractivity contribution in [2.24, 2.45) is 17.8 Å². The zero-order valence-corrected chi connectivity index (χ0v) is 59.7. The molecule has 0 spiro atoms. The summed E-state index contributed by atoms with van der Waals surface area (Å²) in [5.74, 6) is 0.114. The molecule has 19 heteroatoms. The van der Waals surface area contributed by atoms with Gasteiger partial charge in [-0.3, -0.25) is 37.3 Å². The van der Waals surface area contributed by atoms with Gasteiger partial charge < -0.3 is 33.8 Å². The van der Waals surface area contributed by atoms with Gasteiger partial charge in [0, 0.05) is 25.7 Å². The molecule has 0 aromatic heterocycles. The minimum atomic E-state index is -4.95. The molecule has 528 valence electrons. The highest BCUT2D eigenvalue weighted by molar-refractivity contribution is 7.47. The number of aliphatic hydroxyl groups is 1. The summed E-state index contributed by atoms with van der Waals surface area (Å²) >= 11 is 0. The van der Waals surface area contributed by atoms with E-state index in [9.17, 15) is 43.2 Å². The lowest BCUT2D eigenvalue weighted by atomic mass is 10.0. The molecule has 3 N–H and O–H groups in total. The molecule has 2 unspecified atom stereocenters. The Kier molecular flexibility index (Phi) is 59.6. The molecule has 0 rings (SSSR count). The Hall–Kier alpha value is -1.94. The largest absolute Gasteiger partial charge is 0.472 e. The molecule has 0 heterocycles. The third-order valence-electron chi connectivity index (χ3n) is 16.1. The van der Waals surface area contributed by atoms with Crippen LogP contribution in [-0.4, -0.2) is 96.7 Å². The molecule has 0 saturated carbocycles. The number of ether oxygens (including phenoxy) is 4. The Balaban J connectivity index is 5.25. The van der Waals surface area contributed by atoms with Gasteiger partial charge in [0.2, 0.25) is 0 Å². The lowest BCUT2D eigenvalue weighted by Gasteiger charge is -2.21. The van der Waals surface area contributed by atoms with Crippen LogP contribution in [0, 0.1) is 17.8 Å². The van der Waals surface area contributed by atoms with E-state index in [4.69, 9.17) is 37.0 Å². The number of unbranched alkanes of at least 4 members (excludes halogenated alkanes) is 36. The third-order valence-corrected chi connectivity index (χ3v) is 18.0. The van der Waals surface area contributed by atoms with Gasteiger partial charge in [-0.1, -0.05) is 299 Å². The van der Waals surface area contributed by atoms with Crippen LogP contribution in [0.1, 0.15) is 350 Å². The van der Waals surface area contributed by atoms with Crippen LogP contribution in [0.15, 0.2) is 0 Å². The molecule has 0 bridgehead atoms. The molecular formula is C70H136O17P2. The molecule has 0 aliphatic rings. The summed E-state index contributed by atoms with van der Waals surface area (Å²) in [6.07, 6.45) is 44.4. The number of hydrogen-bond donors (Lipinski definition) is 3. The van der Waals surface area contributed by atoms with Crippen molar-refractivity contribution in [2.45, 2.75) is 369 Å². The van der Waals surface area contributed by atoms with E-state index in [1.54, 1.807) is 0 Å². The molecule has 0 aromatic rings. The van der Waals surface area contributed by atoms with E-state index >= 15 is 0 Å². The Bertz CT molecular complexity index is 1750. The average molecular weight is 1310 g/mol. The maximum atomic E-state index is 13.0. The van der Waals surface area contributed by atoms with E-state index in [-0.39, 0.29) is 25.7 Å². The molecule has 89 heavy (non-hydrogen) atoms. The van der Waals surface area contributed by atoms with Crippen molar-refractivity contribution in [2.75, 3.05) is 39.6 Å². The highest BCUT2D eigenvalue weighted by Gasteiger charge is 2.30. The summed E-state index contributed by atoms with van der Waals surface area (Å²) < 4.78 is 68.3. The van der Waals surface area contributed by atoms with Gasteiger partial charge in [-0.05, 0) is 43.4 Å². The van der Waals surface area contributed by atoms with Gasteiger partial charge >= 0.3 is 39.5 Å². The Morgan fingerprint density at radius 3 is 0.764 bits per heavy atom. The van der Waals surface area contributed by atoms with Crippen LogP contribution in [0.4, 0.5) is 0 Å². The fourth-order valence-corrected chi connectivity index (χ4v) is 12.1. The number of carbonyl (C=O) groups excluding carboxylic acids is 4. The fourth-order valence-electron chi connectivity index (χ4n) is 10.5. The predicted octanol–water partition coefficient (Wildman–Crippen LogP) is 19.8. The topological polar surface area (TPSA) is 237 Å². The van der Waals surface area contributed by atoms with Gasteiger partial charge in [-0.25, -0.2) is 9.13 Å². The molecule has 5 atom stereocenters. The highest BCUT2D eigenvalue weighted by Crippen LogP contribution is 2.45. The minimum Gasteiger partial charge on any atom is -0.462 e. The van der Waals surface area contributed by atoms with E-state index in [0.29, 0.717) is 31.6 Å². The first-order chi connectivity index (χ1) is 42.7. The molecule has 0 radical (unpaired) electrons. The number of aliphatic hydroxyl groups excluding tert-OH is 1. The van der Waals surface area contributed by atoms with Crippen LogP contribution < -0.4 is 0 Å². The van der Waals surface area contributed by atoms with Crippen LogP contribution in [0.2, 0.25) is 0 Å². The quantitative estimate of drug-likeness (QED) is 0.0222. The fraction of sp³-hybridized carbons (Fsp3) is 0.943. The average Bonchev–Trinajstić information content (AvgIpc) is 3.64. The normalized spacial score (nSPS) is 14.2. The van der Waals surface area contributed by atoms with Gasteiger partial charge in [-0.15, -0.1) is 0 Å². The lowest BCUT2D eigenvalue weighted by molar-refractivity contribution is -0.161. The Morgan fingerprint density at radius 2 is 0.517 bits per heavy atom. The van der Waals surface area contributed by atoms with Crippen LogP contribution in [0.25, 0.3) is 0 Å². The zero-order chi connectivity index (χ0) is 65.9. The first-order valence-corrected chi connectivity index (χ1v) is 39.3. The van der Waals surface area contributed by atoms with Crippen molar-refractivity contribution >= 4 is 39.5 Å². The molecule has 0 aliphatic heterocycles. The van der Waals surface area contributed by atoms with Crippen LogP contribution in [-0.2, 0) is 65.4 Å². The Labute approximate surface area is 543 Å². The molecule has 0 fully saturated rings. The predicted molar refractivity (Wildman–Crippen MR) is 358 cm³/mol. The molecule has 0 aliphatic carbocycles. The first kappa shape index (κ1) is 87.1. The van der Waals surface area contributed by atoms with Crippen LogP contribution in [0.5, 0.6) is 0 Å². The molecule has 0 amide bonds. The van der Waals surface area contributed by atoms with Crippen molar-refractivity contribution in [1.82, 2.24) is 0 Å². The Morgan fingerprint density at radius 1 is 0.303 bits per heavy atom. The second-order valence-corrected chi connectivity index (χ2v) is 29.6. The minimum absolute atomic E-state index is 0.106. The molecule has 0 saturated heterocycles. The first-order valence-electron chi connectivity index (χ1n) is 36.3. The smallest absolute Gasteiger partial charge is 0.462 e. The van der Waals surface area contributed by atoms with Gasteiger partial charge in [0.1, 0.15) is 19.3 Å². The maximum absolute atomic E-state index is 13.0. The van der Waals surface area contributed by atoms with Gasteiger partial charge in [0.05, 0.1) is 26.4 Å².